The molecule has 0 radical (unpaired) electrons. The number of hydrogen-bond donors (Lipinski definition) is 4. The van der Waals surface area contributed by atoms with E-state index in [2.05, 4.69) is 15.3 Å². The molecule has 0 unspecified atom stereocenters. The van der Waals surface area contributed by atoms with Gasteiger partial charge in [-0.25, -0.2) is 4.98 Å². The Morgan fingerprint density at radius 1 is 1.00 bits per heavy atom. The Labute approximate surface area is 220 Å². The van der Waals surface area contributed by atoms with Gasteiger partial charge in [-0.15, -0.1) is 0 Å². The van der Waals surface area contributed by atoms with Crippen molar-refractivity contribution in [3.8, 4) is 0 Å². The van der Waals surface area contributed by atoms with E-state index in [4.69, 9.17) is 45.6 Å². The number of H-pyrrole nitrogens is 1. The topological polar surface area (TPSA) is 126 Å². The van der Waals surface area contributed by atoms with E-state index in [1.165, 1.54) is 23.1 Å². The van der Waals surface area contributed by atoms with Crippen LogP contribution in [0.25, 0.3) is 10.9 Å². The summed E-state index contributed by atoms with van der Waals surface area (Å²) in [6, 6.07) is 17.0. The monoisotopic (exact) mass is 540 g/mol. The summed E-state index contributed by atoms with van der Waals surface area (Å²) in [5, 5.41) is 18.4. The average Bonchev–Trinajstić information content (AvgIpc) is 2.87. The number of benzene rings is 3. The molecule has 0 aliphatic heterocycles. The van der Waals surface area contributed by atoms with Gasteiger partial charge in [0.1, 0.15) is 5.82 Å². The molecule has 0 bridgehead atoms. The molecule has 182 valence electrons. The van der Waals surface area contributed by atoms with E-state index in [1.807, 2.05) is 30.3 Å². The van der Waals surface area contributed by atoms with E-state index >= 15 is 0 Å². The molecule has 4 rings (SSSR count). The fourth-order valence-electron chi connectivity index (χ4n) is 3.74. The number of nitrogens with zero attached hydrogens (tertiary/aromatic N) is 2. The molecule has 0 saturated heterocycles. The minimum Gasteiger partial charge on any atom is -0.351 e. The first-order chi connectivity index (χ1) is 17.3. The molecular weight excluding hydrogens is 523 g/mol. The van der Waals surface area contributed by atoms with Crippen LogP contribution in [-0.2, 0) is 0 Å². The largest absolute Gasteiger partial charge is 0.351 e. The lowest BCUT2D eigenvalue weighted by Gasteiger charge is -2.19. The van der Waals surface area contributed by atoms with Crippen LogP contribution in [0.2, 0.25) is 15.1 Å². The highest BCUT2D eigenvalue weighted by molar-refractivity contribution is 6.39. The number of carbonyl (C=O) groups is 1. The Bertz CT molecular complexity index is 1520. The maximum atomic E-state index is 13.0. The minimum atomic E-state index is -0.508. The van der Waals surface area contributed by atoms with Crippen LogP contribution in [-0.4, -0.2) is 35.1 Å². The molecule has 3 aromatic carbocycles. The lowest BCUT2D eigenvalue weighted by Crippen LogP contribution is -2.31. The van der Waals surface area contributed by atoms with Gasteiger partial charge in [0.15, 0.2) is 0 Å². The summed E-state index contributed by atoms with van der Waals surface area (Å²) in [4.78, 5) is 34.5. The van der Waals surface area contributed by atoms with Crippen LogP contribution in [0.3, 0.4) is 0 Å². The Morgan fingerprint density at radius 3 is 2.36 bits per heavy atom. The fraction of sp³-hybridized carbons (Fsp3) is 0.0800. The molecular formula is C25H19Cl3N6O2. The maximum Gasteiger partial charge on any atom is 0.260 e. The Morgan fingerprint density at radius 2 is 1.69 bits per heavy atom. The normalized spacial score (nSPS) is 11.6. The molecule has 4 aromatic rings. The van der Waals surface area contributed by atoms with Crippen LogP contribution in [0, 0.1) is 10.8 Å². The number of aromatic amines is 1. The zero-order chi connectivity index (χ0) is 25.8. The van der Waals surface area contributed by atoms with Crippen molar-refractivity contribution in [2.75, 3.05) is 11.4 Å². The third-order valence-electron chi connectivity index (χ3n) is 5.55. The van der Waals surface area contributed by atoms with Crippen molar-refractivity contribution in [3.63, 3.8) is 0 Å². The zero-order valence-electron chi connectivity index (χ0n) is 18.6. The summed E-state index contributed by atoms with van der Waals surface area (Å²) in [6.45, 7) is 0.0979. The van der Waals surface area contributed by atoms with Gasteiger partial charge < -0.3 is 10.3 Å². The Hall–Kier alpha value is -3.72. The molecule has 0 aliphatic rings. The number of nitrogens with one attached hydrogen (secondary N) is 4. The van der Waals surface area contributed by atoms with Gasteiger partial charge in [-0.05, 0) is 35.9 Å². The highest BCUT2D eigenvalue weighted by Crippen LogP contribution is 2.29. The second-order valence-corrected chi connectivity index (χ2v) is 8.93. The number of aromatic nitrogens is 2. The van der Waals surface area contributed by atoms with Crippen molar-refractivity contribution in [2.45, 2.75) is 5.92 Å². The van der Waals surface area contributed by atoms with Gasteiger partial charge in [-0.3, -0.25) is 25.3 Å². The van der Waals surface area contributed by atoms with E-state index < -0.39 is 17.4 Å². The van der Waals surface area contributed by atoms with Crippen LogP contribution in [0.15, 0.2) is 65.5 Å². The van der Waals surface area contributed by atoms with Crippen LogP contribution in [0.1, 0.15) is 27.7 Å². The molecule has 36 heavy (non-hydrogen) atoms. The molecule has 0 spiro atoms. The standard InChI is InChI=1S/C25H19Cl3N6O2/c26-18-8-9-19(27)22-21(18)25(36)33-23(32-22)17(14-4-2-1-3-5-14)11-31-24(35)16-7-6-15(10-20(16)28)34(12-29)13-30/h1-10,12-13,17,29-30H,11H2,(H,31,35)(H,32,33,36)/t17-/m0/s1. The van der Waals surface area contributed by atoms with Crippen molar-refractivity contribution in [3.05, 3.63) is 103 Å². The van der Waals surface area contributed by atoms with E-state index in [0.29, 0.717) is 11.5 Å². The Kier molecular flexibility index (Phi) is 7.69. The SMILES string of the molecule is N=CN(C=N)c1ccc(C(=O)NC[C@@H](c2ccccc2)c2nc3c(Cl)ccc(Cl)c3c(=O)[nH]2)c(Cl)c1. The third kappa shape index (κ3) is 5.11. The number of rotatable bonds is 8. The number of hydrogen-bond acceptors (Lipinski definition) is 5. The molecule has 1 atom stereocenters. The van der Waals surface area contributed by atoms with E-state index in [1.54, 1.807) is 12.1 Å². The smallest absolute Gasteiger partial charge is 0.260 e. The third-order valence-corrected chi connectivity index (χ3v) is 6.48. The van der Waals surface area contributed by atoms with Gasteiger partial charge in [0, 0.05) is 12.2 Å². The summed E-state index contributed by atoms with van der Waals surface area (Å²) < 4.78 is 0. The van der Waals surface area contributed by atoms with Gasteiger partial charge in [-0.1, -0.05) is 65.1 Å². The summed E-state index contributed by atoms with van der Waals surface area (Å²) in [5.41, 5.74) is 1.34. The molecule has 11 heteroatoms. The van der Waals surface area contributed by atoms with Crippen molar-refractivity contribution < 1.29 is 4.79 Å². The zero-order valence-corrected chi connectivity index (χ0v) is 20.8. The molecule has 1 amide bonds. The van der Waals surface area contributed by atoms with Crippen molar-refractivity contribution >= 4 is 70.0 Å². The first kappa shape index (κ1) is 25.4. The summed E-state index contributed by atoms with van der Waals surface area (Å²) in [7, 11) is 0. The molecule has 8 nitrogen and oxygen atoms in total. The summed E-state index contributed by atoms with van der Waals surface area (Å²) in [6.07, 6.45) is 1.92. The van der Waals surface area contributed by atoms with Gasteiger partial charge in [0.2, 0.25) is 0 Å². The highest BCUT2D eigenvalue weighted by Gasteiger charge is 2.22. The Balaban J connectivity index is 1.67. The maximum absolute atomic E-state index is 13.0. The van der Waals surface area contributed by atoms with E-state index in [9.17, 15) is 9.59 Å². The molecule has 1 aromatic heterocycles. The number of anilines is 1. The minimum absolute atomic E-state index is 0.0979. The van der Waals surface area contributed by atoms with Gasteiger partial charge in [-0.2, -0.15) is 0 Å². The van der Waals surface area contributed by atoms with Crippen LogP contribution in [0.4, 0.5) is 5.69 Å². The van der Waals surface area contributed by atoms with Crippen molar-refractivity contribution in [2.24, 2.45) is 0 Å². The van der Waals surface area contributed by atoms with Gasteiger partial charge in [0.25, 0.3) is 11.5 Å². The molecule has 0 fully saturated rings. The van der Waals surface area contributed by atoms with Gasteiger partial charge >= 0.3 is 0 Å². The first-order valence-corrected chi connectivity index (χ1v) is 11.8. The number of fused-ring (bicyclic) bond motifs is 1. The summed E-state index contributed by atoms with van der Waals surface area (Å²) >= 11 is 18.8. The van der Waals surface area contributed by atoms with Crippen LogP contribution >= 0.6 is 34.8 Å². The predicted octanol–water partition coefficient (Wildman–Crippen LogP) is 5.47. The molecule has 4 N–H and O–H groups in total. The number of amides is 1. The lowest BCUT2D eigenvalue weighted by molar-refractivity contribution is 0.0952. The van der Waals surface area contributed by atoms with Gasteiger partial charge in [0.05, 0.1) is 50.1 Å². The second-order valence-electron chi connectivity index (χ2n) is 7.71. The molecule has 0 aliphatic carbocycles. The first-order valence-electron chi connectivity index (χ1n) is 10.6. The van der Waals surface area contributed by atoms with E-state index in [-0.39, 0.29) is 38.1 Å². The highest BCUT2D eigenvalue weighted by atomic mass is 35.5. The fourth-order valence-corrected chi connectivity index (χ4v) is 4.44. The van der Waals surface area contributed by atoms with Crippen molar-refractivity contribution in [1.29, 1.82) is 10.8 Å². The van der Waals surface area contributed by atoms with Crippen LogP contribution in [0.5, 0.6) is 0 Å². The second kappa shape index (κ2) is 10.9. The molecule has 1 heterocycles. The van der Waals surface area contributed by atoms with E-state index in [0.717, 1.165) is 18.2 Å². The average molecular weight is 542 g/mol. The lowest BCUT2D eigenvalue weighted by atomic mass is 9.97. The number of halogens is 3. The van der Waals surface area contributed by atoms with Crippen molar-refractivity contribution in [1.82, 2.24) is 15.3 Å². The quantitative estimate of drug-likeness (QED) is 0.174. The summed E-state index contributed by atoms with van der Waals surface area (Å²) in [5.74, 6) is -0.628. The van der Waals surface area contributed by atoms with Crippen LogP contribution < -0.4 is 15.8 Å². The predicted molar refractivity (Wildman–Crippen MR) is 145 cm³/mol. The number of carbonyl (C=O) groups excluding carboxylic acids is 1. The molecule has 0 saturated carbocycles.